The van der Waals surface area contributed by atoms with Crippen molar-refractivity contribution in [1.82, 2.24) is 9.71 Å². The SMILES string of the molecule is O=S(=O)(NCCBr)c1cccnc1. The van der Waals surface area contributed by atoms with Crippen LogP contribution < -0.4 is 4.72 Å². The lowest BCUT2D eigenvalue weighted by Gasteiger charge is -2.03. The van der Waals surface area contributed by atoms with Gasteiger partial charge in [-0.15, -0.1) is 0 Å². The molecule has 6 heteroatoms. The first-order valence-electron chi connectivity index (χ1n) is 3.62. The van der Waals surface area contributed by atoms with E-state index < -0.39 is 10.0 Å². The summed E-state index contributed by atoms with van der Waals surface area (Å²) >= 11 is 3.13. The van der Waals surface area contributed by atoms with Crippen molar-refractivity contribution in [2.75, 3.05) is 11.9 Å². The lowest BCUT2D eigenvalue weighted by Crippen LogP contribution is -2.25. The number of sulfonamides is 1. The second-order valence-electron chi connectivity index (χ2n) is 2.28. The highest BCUT2D eigenvalue weighted by molar-refractivity contribution is 9.09. The molecule has 0 aromatic carbocycles. The van der Waals surface area contributed by atoms with Gasteiger partial charge in [0, 0.05) is 24.3 Å². The summed E-state index contributed by atoms with van der Waals surface area (Å²) in [6.07, 6.45) is 2.85. The number of hydrogen-bond acceptors (Lipinski definition) is 3. The predicted molar refractivity (Wildman–Crippen MR) is 53.2 cm³/mol. The summed E-state index contributed by atoms with van der Waals surface area (Å²) in [6, 6.07) is 3.09. The molecular formula is C7H9BrN2O2S. The van der Waals surface area contributed by atoms with Crippen LogP contribution in [0.5, 0.6) is 0 Å². The smallest absolute Gasteiger partial charge is 0.242 e. The number of halogens is 1. The maximum atomic E-state index is 11.4. The van der Waals surface area contributed by atoms with Gasteiger partial charge in [-0.25, -0.2) is 13.1 Å². The van der Waals surface area contributed by atoms with E-state index in [2.05, 4.69) is 25.6 Å². The molecule has 0 bridgehead atoms. The maximum Gasteiger partial charge on any atom is 0.242 e. The molecule has 0 aliphatic heterocycles. The van der Waals surface area contributed by atoms with Gasteiger partial charge in [-0.05, 0) is 12.1 Å². The molecule has 0 spiro atoms. The van der Waals surface area contributed by atoms with Crippen LogP contribution in [0.4, 0.5) is 0 Å². The molecule has 1 aromatic heterocycles. The number of pyridine rings is 1. The Balaban J connectivity index is 2.83. The second-order valence-corrected chi connectivity index (χ2v) is 4.84. The fourth-order valence-corrected chi connectivity index (χ4v) is 2.22. The van der Waals surface area contributed by atoms with Crippen molar-refractivity contribution in [3.05, 3.63) is 24.5 Å². The van der Waals surface area contributed by atoms with E-state index in [1.54, 1.807) is 6.07 Å². The summed E-state index contributed by atoms with van der Waals surface area (Å²) in [5, 5.41) is 0.590. The molecular weight excluding hydrogens is 256 g/mol. The van der Waals surface area contributed by atoms with Crippen molar-refractivity contribution in [2.24, 2.45) is 0 Å². The fourth-order valence-electron chi connectivity index (χ4n) is 0.762. The minimum Gasteiger partial charge on any atom is -0.263 e. The van der Waals surface area contributed by atoms with E-state index >= 15 is 0 Å². The van der Waals surface area contributed by atoms with Crippen molar-refractivity contribution < 1.29 is 8.42 Å². The van der Waals surface area contributed by atoms with Crippen LogP contribution in [-0.4, -0.2) is 25.3 Å². The van der Waals surface area contributed by atoms with E-state index in [-0.39, 0.29) is 4.90 Å². The number of rotatable bonds is 4. The van der Waals surface area contributed by atoms with E-state index in [1.165, 1.54) is 18.5 Å². The van der Waals surface area contributed by atoms with E-state index in [4.69, 9.17) is 0 Å². The summed E-state index contributed by atoms with van der Waals surface area (Å²) in [7, 11) is -3.36. The minimum atomic E-state index is -3.36. The maximum absolute atomic E-state index is 11.4. The number of aromatic nitrogens is 1. The average molecular weight is 265 g/mol. The third-order valence-electron chi connectivity index (χ3n) is 1.33. The molecule has 0 radical (unpaired) electrons. The molecule has 0 amide bonds. The van der Waals surface area contributed by atoms with Crippen LogP contribution in [0.2, 0.25) is 0 Å². The van der Waals surface area contributed by atoms with Crippen LogP contribution >= 0.6 is 15.9 Å². The van der Waals surface area contributed by atoms with Crippen LogP contribution in [0.15, 0.2) is 29.4 Å². The fraction of sp³-hybridized carbons (Fsp3) is 0.286. The lowest BCUT2D eigenvalue weighted by atomic mass is 10.5. The Labute approximate surface area is 85.6 Å². The molecule has 1 aromatic rings. The molecule has 0 atom stereocenters. The highest BCUT2D eigenvalue weighted by Gasteiger charge is 2.11. The molecule has 72 valence electrons. The first kappa shape index (κ1) is 10.6. The standard InChI is InChI=1S/C7H9BrN2O2S/c8-3-5-10-13(11,12)7-2-1-4-9-6-7/h1-2,4,6,10H,3,5H2. The van der Waals surface area contributed by atoms with Crippen molar-refractivity contribution in [3.63, 3.8) is 0 Å². The largest absolute Gasteiger partial charge is 0.263 e. The topological polar surface area (TPSA) is 59.1 Å². The van der Waals surface area contributed by atoms with Gasteiger partial charge < -0.3 is 0 Å². The zero-order valence-electron chi connectivity index (χ0n) is 6.77. The zero-order valence-corrected chi connectivity index (χ0v) is 9.18. The van der Waals surface area contributed by atoms with Crippen molar-refractivity contribution in [3.8, 4) is 0 Å². The van der Waals surface area contributed by atoms with E-state index in [9.17, 15) is 8.42 Å². The van der Waals surface area contributed by atoms with Gasteiger partial charge in [0.2, 0.25) is 10.0 Å². The summed E-state index contributed by atoms with van der Waals surface area (Å²) in [5.74, 6) is 0. The van der Waals surface area contributed by atoms with E-state index in [0.717, 1.165) is 0 Å². The molecule has 4 nitrogen and oxygen atoms in total. The van der Waals surface area contributed by atoms with Gasteiger partial charge in [0.1, 0.15) is 4.90 Å². The van der Waals surface area contributed by atoms with Gasteiger partial charge in [0.25, 0.3) is 0 Å². The van der Waals surface area contributed by atoms with Gasteiger partial charge >= 0.3 is 0 Å². The van der Waals surface area contributed by atoms with Crippen LogP contribution in [0.3, 0.4) is 0 Å². The molecule has 13 heavy (non-hydrogen) atoms. The molecule has 1 N–H and O–H groups in total. The zero-order chi connectivity index (χ0) is 9.73. The van der Waals surface area contributed by atoms with E-state index in [0.29, 0.717) is 11.9 Å². The summed E-state index contributed by atoms with van der Waals surface area (Å²) in [5.41, 5.74) is 0. The Morgan fingerprint density at radius 1 is 1.54 bits per heavy atom. The molecule has 0 unspecified atom stereocenters. The van der Waals surface area contributed by atoms with Crippen molar-refractivity contribution in [2.45, 2.75) is 4.90 Å². The lowest BCUT2D eigenvalue weighted by molar-refractivity contribution is 0.584. The molecule has 1 rings (SSSR count). The Morgan fingerprint density at radius 2 is 2.31 bits per heavy atom. The van der Waals surface area contributed by atoms with E-state index in [1.807, 2.05) is 0 Å². The normalized spacial score (nSPS) is 11.5. The average Bonchev–Trinajstić information content (AvgIpc) is 2.16. The summed E-state index contributed by atoms with van der Waals surface area (Å²) in [4.78, 5) is 3.92. The summed E-state index contributed by atoms with van der Waals surface area (Å²) < 4.78 is 25.2. The van der Waals surface area contributed by atoms with Crippen LogP contribution in [-0.2, 0) is 10.0 Å². The number of alkyl halides is 1. The Morgan fingerprint density at radius 3 is 2.85 bits per heavy atom. The molecule has 0 saturated heterocycles. The molecule has 1 heterocycles. The predicted octanol–water partition coefficient (Wildman–Crippen LogP) is 0.755. The van der Waals surface area contributed by atoms with Gasteiger partial charge in [0.05, 0.1) is 0 Å². The molecule has 0 fully saturated rings. The van der Waals surface area contributed by atoms with Gasteiger partial charge in [-0.3, -0.25) is 4.98 Å². The van der Waals surface area contributed by atoms with Gasteiger partial charge in [-0.2, -0.15) is 0 Å². The number of hydrogen-bond donors (Lipinski definition) is 1. The molecule has 0 saturated carbocycles. The van der Waals surface area contributed by atoms with Gasteiger partial charge in [-0.1, -0.05) is 15.9 Å². The quantitative estimate of drug-likeness (QED) is 0.817. The monoisotopic (exact) mass is 264 g/mol. The number of nitrogens with one attached hydrogen (secondary N) is 1. The second kappa shape index (κ2) is 4.69. The third kappa shape index (κ3) is 3.06. The van der Waals surface area contributed by atoms with Gasteiger partial charge in [0.15, 0.2) is 0 Å². The highest BCUT2D eigenvalue weighted by atomic mass is 79.9. The van der Waals surface area contributed by atoms with Crippen molar-refractivity contribution in [1.29, 1.82) is 0 Å². The third-order valence-corrected chi connectivity index (χ3v) is 3.17. The Hall–Kier alpha value is -0.460. The Bertz CT molecular complexity index is 352. The summed E-state index contributed by atoms with van der Waals surface area (Å²) in [6.45, 7) is 0.372. The minimum absolute atomic E-state index is 0.191. The first-order chi connectivity index (χ1) is 6.17. The van der Waals surface area contributed by atoms with Crippen LogP contribution in [0.1, 0.15) is 0 Å². The molecule has 0 aliphatic rings. The molecule has 0 aliphatic carbocycles. The van der Waals surface area contributed by atoms with Crippen molar-refractivity contribution >= 4 is 26.0 Å². The van der Waals surface area contributed by atoms with Crippen LogP contribution in [0.25, 0.3) is 0 Å². The highest BCUT2D eigenvalue weighted by Crippen LogP contribution is 2.04. The first-order valence-corrected chi connectivity index (χ1v) is 6.23. The Kier molecular flexibility index (Phi) is 3.83. The number of nitrogens with zero attached hydrogens (tertiary/aromatic N) is 1. The van der Waals surface area contributed by atoms with Crippen LogP contribution in [0, 0.1) is 0 Å².